The van der Waals surface area contributed by atoms with E-state index in [1.54, 1.807) is 18.3 Å². The molecule has 114 valence electrons. The maximum absolute atomic E-state index is 11.8. The molecule has 0 saturated heterocycles. The number of hydrazone groups is 1. The van der Waals surface area contributed by atoms with Gasteiger partial charge in [-0.25, -0.2) is 5.43 Å². The minimum Gasteiger partial charge on any atom is -0.506 e. The molecule has 0 unspecified atom stereocenters. The summed E-state index contributed by atoms with van der Waals surface area (Å²) in [7, 11) is 0. The van der Waals surface area contributed by atoms with Crippen LogP contribution in [0.1, 0.15) is 11.1 Å². The van der Waals surface area contributed by atoms with Crippen LogP contribution in [0.2, 0.25) is 0 Å². The van der Waals surface area contributed by atoms with Crippen LogP contribution < -0.4 is 5.43 Å². The molecule has 0 saturated carbocycles. The monoisotopic (exact) mass is 584 g/mol. The van der Waals surface area contributed by atoms with Gasteiger partial charge in [-0.1, -0.05) is 28.1 Å². The van der Waals surface area contributed by atoms with Crippen LogP contribution in [0.3, 0.4) is 0 Å². The van der Waals surface area contributed by atoms with Gasteiger partial charge in [0.25, 0.3) is 0 Å². The third-order valence-corrected chi connectivity index (χ3v) is 4.89. The molecule has 2 aromatic rings. The van der Waals surface area contributed by atoms with E-state index in [-0.39, 0.29) is 18.1 Å². The normalized spacial score (nSPS) is 10.9. The van der Waals surface area contributed by atoms with E-state index in [0.29, 0.717) is 0 Å². The predicted molar refractivity (Wildman–Crippen MR) is 107 cm³/mol. The first-order valence-electron chi connectivity index (χ1n) is 6.20. The Bertz CT molecular complexity index is 695. The second-order valence-corrected chi connectivity index (χ2v) is 7.67. The average Bonchev–Trinajstić information content (AvgIpc) is 2.47. The van der Waals surface area contributed by atoms with Crippen molar-refractivity contribution in [3.8, 4) is 5.75 Å². The first-order chi connectivity index (χ1) is 10.5. The molecule has 1 amide bonds. The van der Waals surface area contributed by atoms with Gasteiger partial charge in [0.2, 0.25) is 5.91 Å². The van der Waals surface area contributed by atoms with Gasteiger partial charge in [0.1, 0.15) is 5.75 Å². The second-order valence-electron chi connectivity index (χ2n) is 4.43. The van der Waals surface area contributed by atoms with Crippen molar-refractivity contribution in [2.24, 2.45) is 5.10 Å². The fourth-order valence-corrected chi connectivity index (χ4v) is 3.75. The van der Waals surface area contributed by atoms with E-state index in [0.717, 1.165) is 22.7 Å². The van der Waals surface area contributed by atoms with E-state index in [1.807, 2.05) is 24.3 Å². The summed E-state index contributed by atoms with van der Waals surface area (Å²) in [6.07, 6.45) is 1.83. The molecule has 4 nitrogen and oxygen atoms in total. The molecule has 0 atom stereocenters. The Balaban J connectivity index is 1.94. The molecule has 0 aliphatic heterocycles. The van der Waals surface area contributed by atoms with Crippen molar-refractivity contribution in [3.05, 3.63) is 59.1 Å². The van der Waals surface area contributed by atoms with Gasteiger partial charge >= 0.3 is 0 Å². The van der Waals surface area contributed by atoms with E-state index < -0.39 is 0 Å². The van der Waals surface area contributed by atoms with Gasteiger partial charge in [0, 0.05) is 4.47 Å². The molecule has 0 aromatic heterocycles. The van der Waals surface area contributed by atoms with Gasteiger partial charge in [-0.15, -0.1) is 0 Å². The highest BCUT2D eigenvalue weighted by molar-refractivity contribution is 14.1. The number of halogens is 3. The topological polar surface area (TPSA) is 61.7 Å². The first-order valence-corrected chi connectivity index (χ1v) is 9.15. The Morgan fingerprint density at radius 3 is 2.41 bits per heavy atom. The highest BCUT2D eigenvalue weighted by Crippen LogP contribution is 2.26. The van der Waals surface area contributed by atoms with Crippen LogP contribution in [-0.4, -0.2) is 17.2 Å². The summed E-state index contributed by atoms with van der Waals surface area (Å²) >= 11 is 7.45. The van der Waals surface area contributed by atoms with Crippen molar-refractivity contribution in [1.29, 1.82) is 0 Å². The minimum absolute atomic E-state index is 0.179. The zero-order valence-electron chi connectivity index (χ0n) is 11.2. The van der Waals surface area contributed by atoms with Crippen molar-refractivity contribution < 1.29 is 9.90 Å². The maximum atomic E-state index is 11.8. The molecule has 0 aliphatic carbocycles. The van der Waals surface area contributed by atoms with Gasteiger partial charge in [-0.2, -0.15) is 5.10 Å². The van der Waals surface area contributed by atoms with Crippen molar-refractivity contribution >= 4 is 73.2 Å². The molecule has 0 fully saturated rings. The standard InChI is InChI=1S/C15H11BrI2N2O2/c16-11-3-1-9(2-4-11)7-14(21)20-19-8-10-5-12(17)15(22)13(18)6-10/h1-6,8,22H,7H2,(H,20,21). The predicted octanol–water partition coefficient (Wildman–Crippen LogP) is 4.06. The molecule has 2 N–H and O–H groups in total. The average molecular weight is 585 g/mol. The Hall–Kier alpha value is -0.680. The largest absolute Gasteiger partial charge is 0.506 e. The number of carbonyl (C=O) groups is 1. The summed E-state index contributed by atoms with van der Waals surface area (Å²) in [5.41, 5.74) is 4.24. The first kappa shape index (κ1) is 17.7. The molecule has 0 heterocycles. The van der Waals surface area contributed by atoms with E-state index in [9.17, 15) is 9.90 Å². The Morgan fingerprint density at radius 1 is 1.23 bits per heavy atom. The SMILES string of the molecule is O=C(Cc1ccc(Br)cc1)NN=Cc1cc(I)c(O)c(I)c1. The van der Waals surface area contributed by atoms with Crippen LogP contribution in [-0.2, 0) is 11.2 Å². The van der Waals surface area contributed by atoms with Crippen LogP contribution in [0.25, 0.3) is 0 Å². The number of phenols is 1. The van der Waals surface area contributed by atoms with Crippen molar-refractivity contribution in [3.63, 3.8) is 0 Å². The number of hydrogen-bond acceptors (Lipinski definition) is 3. The highest BCUT2D eigenvalue weighted by Gasteiger charge is 2.05. The second kappa shape index (κ2) is 8.25. The fraction of sp³-hybridized carbons (Fsp3) is 0.0667. The molecule has 0 radical (unpaired) electrons. The number of nitrogens with zero attached hydrogens (tertiary/aromatic N) is 1. The van der Waals surface area contributed by atoms with Gasteiger partial charge < -0.3 is 5.11 Å². The lowest BCUT2D eigenvalue weighted by molar-refractivity contribution is -0.120. The summed E-state index contributed by atoms with van der Waals surface area (Å²) in [6.45, 7) is 0. The molecule has 0 aliphatic rings. The van der Waals surface area contributed by atoms with Gasteiger partial charge in [0.05, 0.1) is 19.8 Å². The zero-order chi connectivity index (χ0) is 16.1. The van der Waals surface area contributed by atoms with Gasteiger partial charge in [0.15, 0.2) is 0 Å². The lowest BCUT2D eigenvalue weighted by Gasteiger charge is -2.03. The number of rotatable bonds is 4. The number of hydrogen-bond donors (Lipinski definition) is 2. The van der Waals surface area contributed by atoms with Crippen LogP contribution >= 0.6 is 61.1 Å². The molecular formula is C15H11BrI2N2O2. The molecule has 22 heavy (non-hydrogen) atoms. The third kappa shape index (κ3) is 5.20. The molecule has 2 rings (SSSR count). The Kier molecular flexibility index (Phi) is 6.63. The quantitative estimate of drug-likeness (QED) is 0.324. The van der Waals surface area contributed by atoms with Crippen molar-refractivity contribution in [2.45, 2.75) is 6.42 Å². The number of carbonyl (C=O) groups excluding carboxylic acids is 1. The lowest BCUT2D eigenvalue weighted by Crippen LogP contribution is -2.19. The van der Waals surface area contributed by atoms with Gasteiger partial charge in [-0.05, 0) is 80.6 Å². The summed E-state index contributed by atoms with van der Waals surface area (Å²) in [4.78, 5) is 11.8. The van der Waals surface area contributed by atoms with Crippen LogP contribution in [0.15, 0.2) is 46.0 Å². The smallest absolute Gasteiger partial charge is 0.244 e. The fourth-order valence-electron chi connectivity index (χ4n) is 1.67. The van der Waals surface area contributed by atoms with Crippen molar-refractivity contribution in [1.82, 2.24) is 5.43 Å². The van der Waals surface area contributed by atoms with Crippen LogP contribution in [0.4, 0.5) is 0 Å². The summed E-state index contributed by atoms with van der Waals surface area (Å²) < 4.78 is 2.46. The Morgan fingerprint density at radius 2 is 1.82 bits per heavy atom. The number of benzene rings is 2. The highest BCUT2D eigenvalue weighted by atomic mass is 127. The minimum atomic E-state index is -0.179. The van der Waals surface area contributed by atoms with E-state index >= 15 is 0 Å². The number of aromatic hydroxyl groups is 1. The number of nitrogens with one attached hydrogen (secondary N) is 1. The number of phenolic OH excluding ortho intramolecular Hbond substituents is 1. The number of amides is 1. The van der Waals surface area contributed by atoms with E-state index in [4.69, 9.17) is 0 Å². The summed E-state index contributed by atoms with van der Waals surface area (Å²) in [5, 5.41) is 13.6. The molecule has 0 spiro atoms. The summed E-state index contributed by atoms with van der Waals surface area (Å²) in [5.74, 6) is 0.0827. The van der Waals surface area contributed by atoms with Gasteiger partial charge in [-0.3, -0.25) is 4.79 Å². The maximum Gasteiger partial charge on any atom is 0.244 e. The van der Waals surface area contributed by atoms with Crippen LogP contribution in [0.5, 0.6) is 5.75 Å². The molecule has 7 heteroatoms. The van der Waals surface area contributed by atoms with E-state index in [2.05, 4.69) is 71.6 Å². The summed E-state index contributed by atoms with van der Waals surface area (Å²) in [6, 6.07) is 11.2. The van der Waals surface area contributed by atoms with Crippen molar-refractivity contribution in [2.75, 3.05) is 0 Å². The molecule has 2 aromatic carbocycles. The lowest BCUT2D eigenvalue weighted by atomic mass is 10.1. The Labute approximate surface area is 163 Å². The zero-order valence-corrected chi connectivity index (χ0v) is 17.1. The molecular weight excluding hydrogens is 574 g/mol. The third-order valence-electron chi connectivity index (χ3n) is 2.72. The van der Waals surface area contributed by atoms with Crippen LogP contribution in [0, 0.1) is 7.14 Å². The van der Waals surface area contributed by atoms with E-state index in [1.165, 1.54) is 0 Å². The molecule has 0 bridgehead atoms.